The summed E-state index contributed by atoms with van der Waals surface area (Å²) in [5.41, 5.74) is 8.33. The summed E-state index contributed by atoms with van der Waals surface area (Å²) in [7, 11) is 0. The molecule has 0 amide bonds. The van der Waals surface area contributed by atoms with Gasteiger partial charge in [0, 0.05) is 6.04 Å². The predicted molar refractivity (Wildman–Crippen MR) is 71.9 cm³/mol. The molecule has 96 valence electrons. The lowest BCUT2D eigenvalue weighted by atomic mass is 9.97. The van der Waals surface area contributed by atoms with Gasteiger partial charge in [-0.15, -0.1) is 0 Å². The van der Waals surface area contributed by atoms with Crippen LogP contribution in [-0.4, -0.2) is 28.3 Å². The van der Waals surface area contributed by atoms with Crippen LogP contribution in [0.15, 0.2) is 31.4 Å². The smallest absolute Gasteiger partial charge is 0.334 e. The van der Waals surface area contributed by atoms with Crippen molar-refractivity contribution in [3.63, 3.8) is 0 Å². The number of nitrogens with two attached hydrogens (primary N) is 1. The molecule has 2 atom stereocenters. The fraction of sp³-hybridized carbons (Fsp3) is 0.214. The lowest BCUT2D eigenvalue weighted by molar-refractivity contribution is -0.147. The molecule has 0 aromatic heterocycles. The number of aliphatic hydroxyl groups is 1. The minimum Gasteiger partial charge on any atom is -0.479 e. The minimum absolute atomic E-state index is 0.283. The number of carboxylic acids is 1. The first-order valence-electron chi connectivity index (χ1n) is 5.53. The van der Waals surface area contributed by atoms with Gasteiger partial charge in [0.1, 0.15) is 0 Å². The molecule has 1 rings (SSSR count). The summed E-state index contributed by atoms with van der Waals surface area (Å²) in [4.78, 5) is 10.6. The second-order valence-electron chi connectivity index (χ2n) is 4.02. The number of carboxylic acid groups (broad SMARTS) is 1. The molecule has 4 nitrogen and oxygen atoms in total. The van der Waals surface area contributed by atoms with Crippen molar-refractivity contribution in [3.8, 4) is 0 Å². The summed E-state index contributed by atoms with van der Waals surface area (Å²) in [6, 6.07) is 4.71. The molecule has 0 saturated carbocycles. The topological polar surface area (TPSA) is 83.5 Å². The Hall–Kier alpha value is -1.91. The van der Waals surface area contributed by atoms with E-state index in [1.807, 2.05) is 18.2 Å². The van der Waals surface area contributed by atoms with Crippen molar-refractivity contribution in [1.29, 1.82) is 0 Å². The van der Waals surface area contributed by atoms with Crippen LogP contribution in [-0.2, 0) is 11.2 Å². The van der Waals surface area contributed by atoms with Crippen molar-refractivity contribution < 1.29 is 15.0 Å². The highest BCUT2D eigenvalue weighted by Gasteiger charge is 2.22. The summed E-state index contributed by atoms with van der Waals surface area (Å²) in [6.45, 7) is 7.39. The second-order valence-corrected chi connectivity index (χ2v) is 4.02. The van der Waals surface area contributed by atoms with Crippen LogP contribution in [0.3, 0.4) is 0 Å². The van der Waals surface area contributed by atoms with Crippen LogP contribution in [0.2, 0.25) is 0 Å². The Kier molecular flexibility index (Phi) is 4.83. The molecule has 0 aliphatic heterocycles. The van der Waals surface area contributed by atoms with Crippen molar-refractivity contribution in [2.24, 2.45) is 5.73 Å². The number of benzene rings is 1. The molecule has 4 N–H and O–H groups in total. The monoisotopic (exact) mass is 247 g/mol. The first-order valence-corrected chi connectivity index (χ1v) is 5.53. The molecule has 0 bridgehead atoms. The normalized spacial score (nSPS) is 13.7. The van der Waals surface area contributed by atoms with Crippen LogP contribution < -0.4 is 5.73 Å². The third-order valence-corrected chi connectivity index (χ3v) is 2.72. The molecule has 0 spiro atoms. The molecule has 4 heteroatoms. The summed E-state index contributed by atoms with van der Waals surface area (Å²) < 4.78 is 0. The van der Waals surface area contributed by atoms with Gasteiger partial charge in [0.15, 0.2) is 6.10 Å². The largest absolute Gasteiger partial charge is 0.479 e. The van der Waals surface area contributed by atoms with Crippen molar-refractivity contribution in [1.82, 2.24) is 0 Å². The van der Waals surface area contributed by atoms with Gasteiger partial charge in [-0.1, -0.05) is 43.5 Å². The van der Waals surface area contributed by atoms with E-state index in [0.29, 0.717) is 0 Å². The van der Waals surface area contributed by atoms with Gasteiger partial charge in [-0.2, -0.15) is 0 Å². The van der Waals surface area contributed by atoms with Gasteiger partial charge in [0.05, 0.1) is 0 Å². The highest BCUT2D eigenvalue weighted by molar-refractivity contribution is 5.73. The van der Waals surface area contributed by atoms with Crippen LogP contribution >= 0.6 is 0 Å². The zero-order valence-electron chi connectivity index (χ0n) is 10.0. The van der Waals surface area contributed by atoms with Gasteiger partial charge in [-0.05, 0) is 23.1 Å². The van der Waals surface area contributed by atoms with Crippen LogP contribution in [0.1, 0.15) is 16.7 Å². The summed E-state index contributed by atoms with van der Waals surface area (Å²) in [6.07, 6.45) is 2.13. The zero-order valence-corrected chi connectivity index (χ0v) is 10.0. The van der Waals surface area contributed by atoms with E-state index < -0.39 is 18.1 Å². The molecule has 0 radical (unpaired) electrons. The van der Waals surface area contributed by atoms with Gasteiger partial charge in [0.25, 0.3) is 0 Å². The Labute approximate surface area is 106 Å². The number of hydrogen-bond acceptors (Lipinski definition) is 3. The Morgan fingerprint density at radius 3 is 2.44 bits per heavy atom. The van der Waals surface area contributed by atoms with Crippen LogP contribution in [0.4, 0.5) is 0 Å². The van der Waals surface area contributed by atoms with E-state index in [2.05, 4.69) is 13.2 Å². The van der Waals surface area contributed by atoms with Gasteiger partial charge in [0.2, 0.25) is 0 Å². The Balaban J connectivity index is 2.88. The molecular weight excluding hydrogens is 230 g/mol. The van der Waals surface area contributed by atoms with Gasteiger partial charge in [-0.3, -0.25) is 0 Å². The van der Waals surface area contributed by atoms with Crippen molar-refractivity contribution >= 4 is 18.1 Å². The zero-order chi connectivity index (χ0) is 13.7. The Morgan fingerprint density at radius 1 is 1.33 bits per heavy atom. The fourth-order valence-corrected chi connectivity index (χ4v) is 1.68. The number of aliphatic carboxylic acids is 1. The van der Waals surface area contributed by atoms with Gasteiger partial charge < -0.3 is 15.9 Å². The number of rotatable bonds is 6. The van der Waals surface area contributed by atoms with E-state index in [1.165, 1.54) is 0 Å². The van der Waals surface area contributed by atoms with Gasteiger partial charge >= 0.3 is 5.97 Å². The molecule has 0 saturated heterocycles. The number of hydrogen-bond donors (Lipinski definition) is 3. The highest BCUT2D eigenvalue weighted by atomic mass is 16.4. The third-order valence-electron chi connectivity index (χ3n) is 2.72. The SMILES string of the molecule is C=Cc1ccc(CC(N)C(O)C(=O)O)cc1C=C. The molecule has 18 heavy (non-hydrogen) atoms. The molecule has 0 fully saturated rings. The Morgan fingerprint density at radius 2 is 1.94 bits per heavy atom. The second kappa shape index (κ2) is 6.14. The Bertz CT molecular complexity index is 468. The van der Waals surface area contributed by atoms with E-state index in [-0.39, 0.29) is 6.42 Å². The first kappa shape index (κ1) is 14.2. The maximum Gasteiger partial charge on any atom is 0.334 e. The lowest BCUT2D eigenvalue weighted by Gasteiger charge is -2.15. The number of aliphatic hydroxyl groups excluding tert-OH is 1. The average Bonchev–Trinajstić information content (AvgIpc) is 2.37. The lowest BCUT2D eigenvalue weighted by Crippen LogP contribution is -2.41. The molecule has 0 heterocycles. The van der Waals surface area contributed by atoms with Crippen molar-refractivity contribution in [2.45, 2.75) is 18.6 Å². The van der Waals surface area contributed by atoms with Crippen LogP contribution in [0.5, 0.6) is 0 Å². The van der Waals surface area contributed by atoms with E-state index in [4.69, 9.17) is 10.8 Å². The first-order chi connectivity index (χ1) is 8.49. The maximum absolute atomic E-state index is 10.6. The van der Waals surface area contributed by atoms with Crippen molar-refractivity contribution in [3.05, 3.63) is 48.0 Å². The summed E-state index contributed by atoms with van der Waals surface area (Å²) in [5.74, 6) is -1.31. The standard InChI is InChI=1S/C14H17NO3/c1-3-10-6-5-9(7-11(10)4-2)8-12(15)13(16)14(17)18/h3-7,12-13,16H,1-2,8,15H2,(H,17,18). The summed E-state index contributed by atoms with van der Waals surface area (Å²) in [5, 5.41) is 18.0. The molecule has 0 aliphatic carbocycles. The fourth-order valence-electron chi connectivity index (χ4n) is 1.68. The molecule has 2 unspecified atom stereocenters. The summed E-state index contributed by atoms with van der Waals surface area (Å²) >= 11 is 0. The van der Waals surface area contributed by atoms with Crippen LogP contribution in [0.25, 0.3) is 12.2 Å². The number of carbonyl (C=O) groups is 1. The molecule has 1 aromatic rings. The quantitative estimate of drug-likeness (QED) is 0.707. The molecule has 0 aliphatic rings. The van der Waals surface area contributed by atoms with E-state index in [1.54, 1.807) is 12.2 Å². The van der Waals surface area contributed by atoms with E-state index in [0.717, 1.165) is 16.7 Å². The van der Waals surface area contributed by atoms with Crippen LogP contribution in [0, 0.1) is 0 Å². The average molecular weight is 247 g/mol. The van der Waals surface area contributed by atoms with E-state index >= 15 is 0 Å². The van der Waals surface area contributed by atoms with Crippen molar-refractivity contribution in [2.75, 3.05) is 0 Å². The maximum atomic E-state index is 10.6. The van der Waals surface area contributed by atoms with E-state index in [9.17, 15) is 9.90 Å². The molecular formula is C14H17NO3. The predicted octanol–water partition coefficient (Wildman–Crippen LogP) is 1.29. The van der Waals surface area contributed by atoms with Gasteiger partial charge in [-0.25, -0.2) is 4.79 Å². The molecule has 1 aromatic carbocycles. The highest BCUT2D eigenvalue weighted by Crippen LogP contribution is 2.16. The minimum atomic E-state index is -1.56. The third kappa shape index (κ3) is 3.29.